The summed E-state index contributed by atoms with van der Waals surface area (Å²) in [6, 6.07) is 0. The molecule has 0 amide bonds. The summed E-state index contributed by atoms with van der Waals surface area (Å²) in [5.74, 6) is 0. The van der Waals surface area contributed by atoms with Gasteiger partial charge in [0.25, 0.3) is 0 Å². The molecule has 0 saturated heterocycles. The molecule has 0 atom stereocenters. The van der Waals surface area contributed by atoms with Crippen molar-refractivity contribution in [3.8, 4) is 0 Å². The first kappa shape index (κ1) is 15.8. The Bertz CT molecular complexity index is 64.0. The third kappa shape index (κ3) is 18.7. The number of carbonyl (C=O) groups is 1. The number of allylic oxidation sites excluding steroid dienone is 1. The standard InChI is InChI=1S/C3H3O.2Pt.Rh/c1-2-3-4;;;/h2H,1H2;;;. The van der Waals surface area contributed by atoms with E-state index in [9.17, 15) is 4.79 Å². The molecule has 0 rings (SSSR count). The summed E-state index contributed by atoms with van der Waals surface area (Å²) in [6.45, 7) is 3.20. The molecule has 50 valence electrons. The number of carbonyl (C=O) groups excluding carboxylic acids is 1. The summed E-state index contributed by atoms with van der Waals surface area (Å²) in [6.07, 6.45) is 1.27. The van der Waals surface area contributed by atoms with E-state index in [1.165, 1.54) is 6.08 Å². The number of rotatable bonds is 1. The van der Waals surface area contributed by atoms with Gasteiger partial charge < -0.3 is 0 Å². The fourth-order valence-corrected chi connectivity index (χ4v) is 0. The largest absolute Gasteiger partial charge is 0 e. The van der Waals surface area contributed by atoms with Gasteiger partial charge >= 0.3 is 41.4 Å². The second-order valence-electron chi connectivity index (χ2n) is 0.478. The minimum atomic E-state index is -0.00926. The zero-order chi connectivity index (χ0) is 4.28. The summed E-state index contributed by atoms with van der Waals surface area (Å²) in [5.41, 5.74) is 0. The van der Waals surface area contributed by atoms with Crippen molar-refractivity contribution in [2.75, 3.05) is 0 Å². The quantitative estimate of drug-likeness (QED) is 0.340. The van der Waals surface area contributed by atoms with E-state index in [-0.39, 0.29) is 44.7 Å². The molecule has 0 aliphatic rings. The molecule has 0 saturated carbocycles. The van der Waals surface area contributed by atoms with Gasteiger partial charge in [-0.25, -0.2) is 0 Å². The Hall–Kier alpha value is 1.41. The zero-order valence-corrected chi connectivity index (χ0v) is 9.34. The maximum absolute atomic E-state index is 9.68. The molecule has 0 aromatic heterocycles. The SMILES string of the molecule is C=C[C](=O)[Pt].[Pt].[Rh]. The van der Waals surface area contributed by atoms with Crippen LogP contribution >= 0.6 is 0 Å². The van der Waals surface area contributed by atoms with Crippen LogP contribution in [0.3, 0.4) is 0 Å². The van der Waals surface area contributed by atoms with Crippen molar-refractivity contribution in [1.29, 1.82) is 0 Å². The molecule has 0 bridgehead atoms. The molecule has 0 aliphatic carbocycles. The molecule has 7 heavy (non-hydrogen) atoms. The van der Waals surface area contributed by atoms with Gasteiger partial charge in [-0.1, -0.05) is 0 Å². The number of hydrogen-bond acceptors (Lipinski definition) is 1. The first-order chi connectivity index (χ1) is 2.27. The maximum Gasteiger partial charge on any atom is 0 e. The van der Waals surface area contributed by atoms with Gasteiger partial charge in [0.15, 0.2) is 0 Å². The van der Waals surface area contributed by atoms with Crippen molar-refractivity contribution < 1.29 is 65.2 Å². The molecule has 0 unspecified atom stereocenters. The molecule has 0 heterocycles. The van der Waals surface area contributed by atoms with E-state index >= 15 is 0 Å². The second-order valence-corrected chi connectivity index (χ2v) is 1.60. The third-order valence-corrected chi connectivity index (χ3v) is 0.612. The van der Waals surface area contributed by atoms with Crippen LogP contribution in [0, 0.1) is 0 Å². The molecule has 1 nitrogen and oxygen atoms in total. The van der Waals surface area contributed by atoms with Crippen LogP contribution in [0.2, 0.25) is 0 Å². The van der Waals surface area contributed by atoms with E-state index < -0.39 is 0 Å². The Morgan fingerprint density at radius 2 is 1.86 bits per heavy atom. The van der Waals surface area contributed by atoms with Gasteiger partial charge in [-0.05, 0) is 0 Å². The van der Waals surface area contributed by atoms with E-state index in [0.29, 0.717) is 0 Å². The Morgan fingerprint density at radius 1 is 1.71 bits per heavy atom. The summed E-state index contributed by atoms with van der Waals surface area (Å²) in [7, 11) is 0. The van der Waals surface area contributed by atoms with Crippen LogP contribution in [0.25, 0.3) is 0 Å². The molecule has 0 fully saturated rings. The van der Waals surface area contributed by atoms with Crippen molar-refractivity contribution in [3.05, 3.63) is 12.7 Å². The van der Waals surface area contributed by atoms with Crippen LogP contribution in [0.5, 0.6) is 0 Å². The summed E-state index contributed by atoms with van der Waals surface area (Å²) < 4.78 is -0.00926. The molecule has 0 spiro atoms. The Kier molecular flexibility index (Phi) is 23.4. The third-order valence-electron chi connectivity index (χ3n) is 0.148. The first-order valence-electron chi connectivity index (χ1n) is 1.06. The van der Waals surface area contributed by atoms with Gasteiger partial charge in [0.05, 0.1) is 0 Å². The van der Waals surface area contributed by atoms with Crippen molar-refractivity contribution in [2.24, 2.45) is 0 Å². The van der Waals surface area contributed by atoms with Gasteiger partial charge in [-0.15, -0.1) is 0 Å². The van der Waals surface area contributed by atoms with Gasteiger partial charge in [0, 0.05) is 40.5 Å². The van der Waals surface area contributed by atoms with E-state index in [1.807, 2.05) is 0 Å². The van der Waals surface area contributed by atoms with Crippen molar-refractivity contribution in [2.45, 2.75) is 0 Å². The van der Waals surface area contributed by atoms with Gasteiger partial charge in [0.2, 0.25) is 0 Å². The average molecular weight is 548 g/mol. The van der Waals surface area contributed by atoms with Crippen molar-refractivity contribution >= 4 is 4.17 Å². The minimum absolute atomic E-state index is 0. The van der Waals surface area contributed by atoms with Gasteiger partial charge in [-0.3, -0.25) is 0 Å². The minimum Gasteiger partial charge on any atom is 0 e. The Labute approximate surface area is 81.2 Å². The van der Waals surface area contributed by atoms with Crippen LogP contribution in [0.15, 0.2) is 12.7 Å². The van der Waals surface area contributed by atoms with Gasteiger partial charge in [0.1, 0.15) is 0 Å². The predicted molar refractivity (Wildman–Crippen MR) is 15.2 cm³/mol. The molecule has 0 aromatic rings. The van der Waals surface area contributed by atoms with E-state index in [1.54, 1.807) is 19.8 Å². The maximum atomic E-state index is 9.68. The van der Waals surface area contributed by atoms with Crippen LogP contribution in [-0.2, 0) is 65.2 Å². The van der Waals surface area contributed by atoms with E-state index in [2.05, 4.69) is 6.58 Å². The smallest absolute Gasteiger partial charge is 0 e. The fraction of sp³-hybridized carbons (Fsp3) is 0. The van der Waals surface area contributed by atoms with Crippen LogP contribution in [0.1, 0.15) is 0 Å². The van der Waals surface area contributed by atoms with E-state index in [4.69, 9.17) is 0 Å². The number of hydrogen-bond donors (Lipinski definition) is 0. The van der Waals surface area contributed by atoms with Crippen LogP contribution in [-0.4, -0.2) is 4.17 Å². The molecule has 0 aromatic carbocycles. The molecule has 1 radical (unpaired) electrons. The first-order valence-corrected chi connectivity index (χ1v) is 2.20. The summed E-state index contributed by atoms with van der Waals surface area (Å²) in [4.78, 5) is 9.68. The second kappa shape index (κ2) is 10.4. The van der Waals surface area contributed by atoms with Crippen molar-refractivity contribution in [3.63, 3.8) is 0 Å². The molecular weight excluding hydrogens is 545 g/mol. The normalized spacial score (nSPS) is 4.86. The molecular formula is C3H3OPt2Rh. The summed E-state index contributed by atoms with van der Waals surface area (Å²) in [5, 5.41) is 0. The van der Waals surface area contributed by atoms with E-state index in [0.717, 1.165) is 0 Å². The van der Waals surface area contributed by atoms with Crippen LogP contribution < -0.4 is 0 Å². The van der Waals surface area contributed by atoms with Crippen molar-refractivity contribution in [1.82, 2.24) is 0 Å². The predicted octanol–water partition coefficient (Wildman–Crippen LogP) is 0.241. The molecule has 4 heteroatoms. The topological polar surface area (TPSA) is 17.1 Å². The van der Waals surface area contributed by atoms with Crippen LogP contribution in [0.4, 0.5) is 0 Å². The fourth-order valence-electron chi connectivity index (χ4n) is 0. The Morgan fingerprint density at radius 3 is 1.86 bits per heavy atom. The monoisotopic (exact) mass is 548 g/mol. The van der Waals surface area contributed by atoms with Gasteiger partial charge in [-0.2, -0.15) is 0 Å². The molecule has 0 aliphatic heterocycles. The summed E-state index contributed by atoms with van der Waals surface area (Å²) >= 11 is 1.64. The molecule has 0 N–H and O–H groups in total. The Balaban J connectivity index is -0.0000000800. The zero-order valence-electron chi connectivity index (χ0n) is 3.16. The average Bonchev–Trinajstić information content (AvgIpc) is 1.38.